The van der Waals surface area contributed by atoms with Crippen LogP contribution in [0.4, 0.5) is 11.4 Å². The molecule has 178 valence electrons. The summed E-state index contributed by atoms with van der Waals surface area (Å²) in [6, 6.07) is 19.1. The number of thiocarbonyl (C=S) groups is 1. The van der Waals surface area contributed by atoms with Crippen LogP contribution in [0, 0.1) is 13.8 Å². The van der Waals surface area contributed by atoms with E-state index in [0.29, 0.717) is 16.9 Å². The van der Waals surface area contributed by atoms with E-state index in [-0.39, 0.29) is 21.3 Å². The molecule has 0 radical (unpaired) electrons. The van der Waals surface area contributed by atoms with Crippen LogP contribution in [0.2, 0.25) is 0 Å². The number of anilines is 2. The second kappa shape index (κ2) is 9.95. The Bertz CT molecular complexity index is 1290. The first-order valence-electron chi connectivity index (χ1n) is 10.8. The van der Waals surface area contributed by atoms with E-state index >= 15 is 0 Å². The number of hydrogen-bond acceptors (Lipinski definition) is 4. The molecule has 0 aromatic heterocycles. The van der Waals surface area contributed by atoms with E-state index in [2.05, 4.69) is 36.1 Å². The smallest absolute Gasteiger partial charge is 0.261 e. The van der Waals surface area contributed by atoms with Gasteiger partial charge in [-0.1, -0.05) is 51.1 Å². The number of amides is 1. The Morgan fingerprint density at radius 3 is 1.94 bits per heavy atom. The van der Waals surface area contributed by atoms with Gasteiger partial charge in [0.2, 0.25) is 0 Å². The summed E-state index contributed by atoms with van der Waals surface area (Å²) in [5, 5.41) is 5.67. The molecule has 0 aliphatic rings. The van der Waals surface area contributed by atoms with Gasteiger partial charge in [-0.2, -0.15) is 0 Å². The van der Waals surface area contributed by atoms with Crippen LogP contribution < -0.4 is 15.4 Å². The van der Waals surface area contributed by atoms with Crippen LogP contribution in [0.3, 0.4) is 0 Å². The van der Waals surface area contributed by atoms with E-state index in [9.17, 15) is 13.2 Å². The molecule has 3 aromatic rings. The van der Waals surface area contributed by atoms with Gasteiger partial charge in [0.15, 0.2) is 5.11 Å². The van der Waals surface area contributed by atoms with Gasteiger partial charge in [-0.15, -0.1) is 0 Å². The van der Waals surface area contributed by atoms with Crippen LogP contribution in [-0.2, 0) is 15.4 Å². The summed E-state index contributed by atoms with van der Waals surface area (Å²) in [5.74, 6) is -0.324. The molecule has 0 fully saturated rings. The number of sulfonamides is 1. The first kappa shape index (κ1) is 25.4. The molecule has 0 bridgehead atoms. The maximum Gasteiger partial charge on any atom is 0.261 e. The fourth-order valence-electron chi connectivity index (χ4n) is 3.35. The highest BCUT2D eigenvalue weighted by Crippen LogP contribution is 2.24. The third-order valence-electron chi connectivity index (χ3n) is 5.38. The molecule has 3 N–H and O–H groups in total. The second-order valence-corrected chi connectivity index (χ2v) is 11.2. The van der Waals surface area contributed by atoms with E-state index in [1.54, 1.807) is 24.3 Å². The van der Waals surface area contributed by atoms with Gasteiger partial charge in [-0.05, 0) is 84.6 Å². The normalized spacial score (nSPS) is 11.6. The predicted octanol–water partition coefficient (Wildman–Crippen LogP) is 5.53. The predicted molar refractivity (Wildman–Crippen MR) is 142 cm³/mol. The largest absolute Gasteiger partial charge is 0.332 e. The lowest BCUT2D eigenvalue weighted by molar-refractivity contribution is 0.0977. The quantitative estimate of drug-likeness (QED) is 0.405. The Kier molecular flexibility index (Phi) is 7.43. The van der Waals surface area contributed by atoms with Gasteiger partial charge in [0, 0.05) is 11.3 Å². The third kappa shape index (κ3) is 6.21. The monoisotopic (exact) mass is 495 g/mol. The highest BCUT2D eigenvalue weighted by atomic mass is 32.2. The molecule has 3 rings (SSSR count). The maximum atomic E-state index is 12.8. The van der Waals surface area contributed by atoms with E-state index in [1.807, 2.05) is 44.2 Å². The Hall–Kier alpha value is -3.23. The Morgan fingerprint density at radius 1 is 0.853 bits per heavy atom. The molecular formula is C26H29N3O3S2. The van der Waals surface area contributed by atoms with Crippen molar-refractivity contribution >= 4 is 44.6 Å². The number of aryl methyl sites for hydroxylation is 2. The lowest BCUT2D eigenvalue weighted by atomic mass is 9.87. The maximum absolute atomic E-state index is 12.8. The van der Waals surface area contributed by atoms with Gasteiger partial charge >= 0.3 is 0 Å². The fraction of sp³-hybridized carbons (Fsp3) is 0.231. The SMILES string of the molecule is Cc1cccc(C)c1NS(=O)(=O)c1ccc(NC(=S)NC(=O)c2ccc(C(C)(C)C)cc2)cc1. The molecule has 0 spiro atoms. The molecule has 0 aliphatic carbocycles. The average molecular weight is 496 g/mol. The lowest BCUT2D eigenvalue weighted by Crippen LogP contribution is -2.34. The molecular weight excluding hydrogens is 466 g/mol. The van der Waals surface area contributed by atoms with E-state index in [0.717, 1.165) is 16.7 Å². The topological polar surface area (TPSA) is 87.3 Å². The summed E-state index contributed by atoms with van der Waals surface area (Å²) in [6.45, 7) is 10.0. The summed E-state index contributed by atoms with van der Waals surface area (Å²) in [6.07, 6.45) is 0. The second-order valence-electron chi connectivity index (χ2n) is 9.13. The van der Waals surface area contributed by atoms with Crippen molar-refractivity contribution in [3.8, 4) is 0 Å². The molecule has 0 atom stereocenters. The van der Waals surface area contributed by atoms with E-state index in [1.165, 1.54) is 12.1 Å². The molecule has 0 unspecified atom stereocenters. The van der Waals surface area contributed by atoms with Gasteiger partial charge in [-0.3, -0.25) is 14.8 Å². The summed E-state index contributed by atoms with van der Waals surface area (Å²) in [5.41, 5.74) is 4.44. The summed E-state index contributed by atoms with van der Waals surface area (Å²) in [4.78, 5) is 12.6. The van der Waals surface area contributed by atoms with Crippen molar-refractivity contribution in [1.29, 1.82) is 0 Å². The van der Waals surface area contributed by atoms with Crippen molar-refractivity contribution in [2.45, 2.75) is 44.9 Å². The average Bonchev–Trinajstić information content (AvgIpc) is 2.76. The summed E-state index contributed by atoms with van der Waals surface area (Å²) >= 11 is 5.25. The van der Waals surface area contributed by atoms with E-state index < -0.39 is 10.0 Å². The number of para-hydroxylation sites is 1. The molecule has 3 aromatic carbocycles. The van der Waals surface area contributed by atoms with Crippen molar-refractivity contribution in [3.05, 3.63) is 89.0 Å². The molecule has 8 heteroatoms. The molecule has 6 nitrogen and oxygen atoms in total. The van der Waals surface area contributed by atoms with Crippen LogP contribution >= 0.6 is 12.2 Å². The lowest BCUT2D eigenvalue weighted by Gasteiger charge is -2.19. The van der Waals surface area contributed by atoms with Crippen molar-refractivity contribution in [2.24, 2.45) is 0 Å². The number of carbonyl (C=O) groups is 1. The van der Waals surface area contributed by atoms with Crippen LogP contribution in [0.1, 0.15) is 47.8 Å². The summed E-state index contributed by atoms with van der Waals surface area (Å²) in [7, 11) is -3.75. The standard InChI is InChI=1S/C26H29N3O3S2/c1-17-7-6-8-18(2)23(17)29-34(31,32)22-15-13-21(14-16-22)27-25(33)28-24(30)19-9-11-20(12-10-19)26(3,4)5/h6-16,29H,1-5H3,(H2,27,28,30,33). The van der Waals surface area contributed by atoms with Gasteiger partial charge in [0.05, 0.1) is 10.6 Å². The zero-order valence-corrected chi connectivity index (χ0v) is 21.5. The summed E-state index contributed by atoms with van der Waals surface area (Å²) < 4.78 is 28.3. The highest BCUT2D eigenvalue weighted by Gasteiger charge is 2.17. The van der Waals surface area contributed by atoms with Crippen molar-refractivity contribution < 1.29 is 13.2 Å². The van der Waals surface area contributed by atoms with Gasteiger partial charge in [0.25, 0.3) is 15.9 Å². The zero-order valence-electron chi connectivity index (χ0n) is 19.9. The van der Waals surface area contributed by atoms with Gasteiger partial charge in [-0.25, -0.2) is 8.42 Å². The molecule has 0 heterocycles. The van der Waals surface area contributed by atoms with Crippen LogP contribution in [0.25, 0.3) is 0 Å². The minimum absolute atomic E-state index is 0.000219. The Labute approximate surface area is 206 Å². The van der Waals surface area contributed by atoms with Gasteiger partial charge in [0.1, 0.15) is 0 Å². The van der Waals surface area contributed by atoms with Crippen molar-refractivity contribution in [2.75, 3.05) is 10.0 Å². The molecule has 34 heavy (non-hydrogen) atoms. The highest BCUT2D eigenvalue weighted by molar-refractivity contribution is 7.92. The van der Waals surface area contributed by atoms with Crippen molar-refractivity contribution in [3.63, 3.8) is 0 Å². The zero-order chi connectivity index (χ0) is 25.1. The number of hydrogen-bond donors (Lipinski definition) is 3. The third-order valence-corrected chi connectivity index (χ3v) is 6.95. The Balaban J connectivity index is 1.64. The number of benzene rings is 3. The van der Waals surface area contributed by atoms with Crippen LogP contribution in [0.5, 0.6) is 0 Å². The minimum Gasteiger partial charge on any atom is -0.332 e. The fourth-order valence-corrected chi connectivity index (χ4v) is 4.76. The molecule has 0 aliphatic heterocycles. The van der Waals surface area contributed by atoms with Gasteiger partial charge < -0.3 is 5.32 Å². The molecule has 1 amide bonds. The number of nitrogens with one attached hydrogen (secondary N) is 3. The number of rotatable bonds is 5. The first-order chi connectivity index (χ1) is 15.9. The first-order valence-corrected chi connectivity index (χ1v) is 12.7. The Morgan fingerprint density at radius 2 is 1.41 bits per heavy atom. The minimum atomic E-state index is -3.75. The van der Waals surface area contributed by atoms with Crippen LogP contribution in [-0.4, -0.2) is 19.4 Å². The molecule has 0 saturated carbocycles. The van der Waals surface area contributed by atoms with E-state index in [4.69, 9.17) is 12.2 Å². The van der Waals surface area contributed by atoms with Crippen LogP contribution in [0.15, 0.2) is 71.6 Å². The molecule has 0 saturated heterocycles. The number of carbonyl (C=O) groups excluding carboxylic acids is 1. The van der Waals surface area contributed by atoms with Crippen molar-refractivity contribution in [1.82, 2.24) is 5.32 Å².